The van der Waals surface area contributed by atoms with Crippen LogP contribution in [0.15, 0.2) is 41.8 Å². The highest BCUT2D eigenvalue weighted by Crippen LogP contribution is 2.29. The SMILES string of the molecule is CC(C)N(Cc1cccs1)c1ccccc1[C@H](C)O. The number of aliphatic hydroxyl groups is 1. The van der Waals surface area contributed by atoms with Crippen molar-refractivity contribution in [2.75, 3.05) is 4.90 Å². The maximum atomic E-state index is 9.94. The van der Waals surface area contributed by atoms with Crippen molar-refractivity contribution in [2.24, 2.45) is 0 Å². The first-order valence-corrected chi connectivity index (χ1v) is 7.53. The highest BCUT2D eigenvalue weighted by atomic mass is 32.1. The molecule has 1 N–H and O–H groups in total. The summed E-state index contributed by atoms with van der Waals surface area (Å²) >= 11 is 1.77. The summed E-state index contributed by atoms with van der Waals surface area (Å²) in [6.07, 6.45) is -0.444. The normalized spacial score (nSPS) is 12.7. The van der Waals surface area contributed by atoms with Crippen LogP contribution < -0.4 is 4.90 Å². The number of hydrogen-bond acceptors (Lipinski definition) is 3. The molecule has 0 unspecified atom stereocenters. The van der Waals surface area contributed by atoms with Gasteiger partial charge in [0.05, 0.1) is 12.6 Å². The van der Waals surface area contributed by atoms with Crippen LogP contribution in [-0.4, -0.2) is 11.1 Å². The summed E-state index contributed by atoms with van der Waals surface area (Å²) < 4.78 is 0. The van der Waals surface area contributed by atoms with Crippen molar-refractivity contribution in [1.29, 1.82) is 0 Å². The number of anilines is 1. The molecule has 19 heavy (non-hydrogen) atoms. The minimum Gasteiger partial charge on any atom is -0.389 e. The van der Waals surface area contributed by atoms with Crippen molar-refractivity contribution in [3.05, 3.63) is 52.2 Å². The standard InChI is InChI=1S/C16H21NOS/c1-12(2)17(11-14-7-6-10-19-14)16-9-5-4-8-15(16)13(3)18/h4-10,12-13,18H,11H2,1-3H3/t13-/m0/s1. The van der Waals surface area contributed by atoms with Crippen LogP contribution in [0.1, 0.15) is 37.3 Å². The van der Waals surface area contributed by atoms with E-state index >= 15 is 0 Å². The first kappa shape index (κ1) is 14.1. The van der Waals surface area contributed by atoms with Crippen LogP contribution in [0.25, 0.3) is 0 Å². The van der Waals surface area contributed by atoms with Gasteiger partial charge in [-0.25, -0.2) is 0 Å². The molecule has 0 aliphatic carbocycles. The number of benzene rings is 1. The molecule has 2 nitrogen and oxygen atoms in total. The molecular weight excluding hydrogens is 254 g/mol. The van der Waals surface area contributed by atoms with E-state index in [1.165, 1.54) is 4.88 Å². The molecule has 1 atom stereocenters. The minimum atomic E-state index is -0.444. The Balaban J connectivity index is 2.34. The zero-order chi connectivity index (χ0) is 13.8. The van der Waals surface area contributed by atoms with Crippen LogP contribution in [0.4, 0.5) is 5.69 Å². The van der Waals surface area contributed by atoms with Crippen molar-refractivity contribution in [3.63, 3.8) is 0 Å². The molecule has 3 heteroatoms. The van der Waals surface area contributed by atoms with Gasteiger partial charge in [-0.3, -0.25) is 0 Å². The fourth-order valence-corrected chi connectivity index (χ4v) is 2.92. The van der Waals surface area contributed by atoms with Gasteiger partial charge in [-0.1, -0.05) is 24.3 Å². The Morgan fingerprint density at radius 3 is 2.42 bits per heavy atom. The molecular formula is C16H21NOS. The lowest BCUT2D eigenvalue weighted by atomic mass is 10.1. The molecule has 0 amide bonds. The van der Waals surface area contributed by atoms with Crippen LogP contribution in [0, 0.1) is 0 Å². The zero-order valence-electron chi connectivity index (χ0n) is 11.7. The van der Waals surface area contributed by atoms with E-state index in [0.29, 0.717) is 6.04 Å². The average Bonchev–Trinajstić information content (AvgIpc) is 2.88. The maximum Gasteiger partial charge on any atom is 0.0781 e. The topological polar surface area (TPSA) is 23.5 Å². The zero-order valence-corrected chi connectivity index (χ0v) is 12.5. The molecule has 0 aliphatic heterocycles. The molecule has 2 rings (SSSR count). The quantitative estimate of drug-likeness (QED) is 0.883. The van der Waals surface area contributed by atoms with Crippen molar-refractivity contribution in [1.82, 2.24) is 0 Å². The molecule has 1 aromatic carbocycles. The molecule has 0 saturated heterocycles. The summed E-state index contributed by atoms with van der Waals surface area (Å²) in [5.41, 5.74) is 2.12. The summed E-state index contributed by atoms with van der Waals surface area (Å²) in [6, 6.07) is 12.7. The Morgan fingerprint density at radius 2 is 1.84 bits per heavy atom. The summed E-state index contributed by atoms with van der Waals surface area (Å²) in [5.74, 6) is 0. The first-order chi connectivity index (χ1) is 9.09. The fourth-order valence-electron chi connectivity index (χ4n) is 2.22. The van der Waals surface area contributed by atoms with Crippen LogP contribution in [0.2, 0.25) is 0 Å². The highest BCUT2D eigenvalue weighted by molar-refractivity contribution is 7.09. The van der Waals surface area contributed by atoms with Crippen molar-refractivity contribution >= 4 is 17.0 Å². The van der Waals surface area contributed by atoms with Gasteiger partial charge in [-0.2, -0.15) is 0 Å². The summed E-state index contributed by atoms with van der Waals surface area (Å²) in [4.78, 5) is 3.68. The van der Waals surface area contributed by atoms with E-state index in [2.05, 4.69) is 42.3 Å². The molecule has 0 aliphatic rings. The molecule has 0 radical (unpaired) electrons. The molecule has 0 spiro atoms. The van der Waals surface area contributed by atoms with Gasteiger partial charge in [-0.05, 0) is 38.3 Å². The van der Waals surface area contributed by atoms with E-state index in [-0.39, 0.29) is 0 Å². The predicted molar refractivity (Wildman–Crippen MR) is 82.7 cm³/mol. The van der Waals surface area contributed by atoms with Gasteiger partial charge >= 0.3 is 0 Å². The van der Waals surface area contributed by atoms with Gasteiger partial charge in [0.15, 0.2) is 0 Å². The Labute approximate surface area is 119 Å². The Bertz CT molecular complexity index is 505. The monoisotopic (exact) mass is 275 g/mol. The van der Waals surface area contributed by atoms with E-state index < -0.39 is 6.10 Å². The van der Waals surface area contributed by atoms with Crippen LogP contribution in [-0.2, 0) is 6.54 Å². The third-order valence-corrected chi connectivity index (χ3v) is 4.09. The lowest BCUT2D eigenvalue weighted by molar-refractivity contribution is 0.199. The number of nitrogens with zero attached hydrogens (tertiary/aromatic N) is 1. The van der Waals surface area contributed by atoms with Crippen LogP contribution >= 0.6 is 11.3 Å². The van der Waals surface area contributed by atoms with E-state index in [9.17, 15) is 5.11 Å². The third kappa shape index (κ3) is 3.37. The van der Waals surface area contributed by atoms with Gasteiger partial charge in [0.1, 0.15) is 0 Å². The molecule has 0 fully saturated rings. The van der Waals surface area contributed by atoms with Gasteiger partial charge in [0.2, 0.25) is 0 Å². The van der Waals surface area contributed by atoms with Crippen molar-refractivity contribution < 1.29 is 5.11 Å². The lowest BCUT2D eigenvalue weighted by Crippen LogP contribution is -2.30. The minimum absolute atomic E-state index is 0.391. The Morgan fingerprint density at radius 1 is 1.11 bits per heavy atom. The van der Waals surface area contributed by atoms with Crippen LogP contribution in [0.5, 0.6) is 0 Å². The summed E-state index contributed by atoms with van der Waals surface area (Å²) in [6.45, 7) is 7.08. The molecule has 0 bridgehead atoms. The Kier molecular flexibility index (Phi) is 4.61. The van der Waals surface area contributed by atoms with E-state index in [1.807, 2.05) is 25.1 Å². The van der Waals surface area contributed by atoms with E-state index in [1.54, 1.807) is 11.3 Å². The number of rotatable bonds is 5. The maximum absolute atomic E-state index is 9.94. The molecule has 1 heterocycles. The largest absolute Gasteiger partial charge is 0.389 e. The highest BCUT2D eigenvalue weighted by Gasteiger charge is 2.17. The second-order valence-electron chi connectivity index (χ2n) is 5.04. The van der Waals surface area contributed by atoms with Gasteiger partial charge in [0, 0.05) is 22.2 Å². The fraction of sp³-hybridized carbons (Fsp3) is 0.375. The van der Waals surface area contributed by atoms with Gasteiger partial charge < -0.3 is 10.0 Å². The molecule has 102 valence electrons. The summed E-state index contributed by atoms with van der Waals surface area (Å²) in [5, 5.41) is 12.0. The number of hydrogen-bond donors (Lipinski definition) is 1. The van der Waals surface area contributed by atoms with Gasteiger partial charge in [0.25, 0.3) is 0 Å². The smallest absolute Gasteiger partial charge is 0.0781 e. The third-order valence-electron chi connectivity index (χ3n) is 3.23. The van der Waals surface area contributed by atoms with Crippen LogP contribution in [0.3, 0.4) is 0 Å². The lowest BCUT2D eigenvalue weighted by Gasteiger charge is -2.31. The average molecular weight is 275 g/mol. The van der Waals surface area contributed by atoms with Crippen molar-refractivity contribution in [3.8, 4) is 0 Å². The second kappa shape index (κ2) is 6.22. The molecule has 1 aromatic heterocycles. The van der Waals surface area contributed by atoms with E-state index in [0.717, 1.165) is 17.8 Å². The number of thiophene rings is 1. The molecule has 0 saturated carbocycles. The Hall–Kier alpha value is -1.32. The molecule has 2 aromatic rings. The second-order valence-corrected chi connectivity index (χ2v) is 6.07. The first-order valence-electron chi connectivity index (χ1n) is 6.65. The summed E-state index contributed by atoms with van der Waals surface area (Å²) in [7, 11) is 0. The number of para-hydroxylation sites is 1. The number of aliphatic hydroxyl groups excluding tert-OH is 1. The van der Waals surface area contributed by atoms with Crippen molar-refractivity contribution in [2.45, 2.75) is 39.5 Å². The van der Waals surface area contributed by atoms with E-state index in [4.69, 9.17) is 0 Å². The van der Waals surface area contributed by atoms with Gasteiger partial charge in [-0.15, -0.1) is 11.3 Å². The predicted octanol–water partition coefficient (Wildman–Crippen LogP) is 4.22.